The van der Waals surface area contributed by atoms with Crippen molar-refractivity contribution >= 4 is 17.5 Å². The Morgan fingerprint density at radius 3 is 2.61 bits per heavy atom. The van der Waals surface area contributed by atoms with Crippen LogP contribution in [0.5, 0.6) is 0 Å². The molecule has 0 aromatic carbocycles. The number of carbonyl (C=O) groups is 2. The van der Waals surface area contributed by atoms with Crippen LogP contribution in [-0.4, -0.2) is 50.4 Å². The quantitative estimate of drug-likeness (QED) is 0.871. The Morgan fingerprint density at radius 2 is 1.89 bits per heavy atom. The highest BCUT2D eigenvalue weighted by Gasteiger charge is 2.48. The van der Waals surface area contributed by atoms with Crippen LogP contribution in [0.3, 0.4) is 0 Å². The van der Waals surface area contributed by atoms with E-state index in [1.54, 1.807) is 30.7 Å². The molecule has 3 aliphatic rings. The normalized spacial score (nSPS) is 23.3. The van der Waals surface area contributed by atoms with E-state index in [0.717, 1.165) is 18.7 Å². The second-order valence-corrected chi connectivity index (χ2v) is 7.83. The zero-order valence-electron chi connectivity index (χ0n) is 15.6. The van der Waals surface area contributed by atoms with E-state index in [1.165, 1.54) is 0 Å². The van der Waals surface area contributed by atoms with Crippen molar-refractivity contribution in [2.45, 2.75) is 43.9 Å². The number of likely N-dealkylation sites (tertiary alicyclic amines) is 1. The minimum atomic E-state index is -0.623. The average molecular weight is 381 g/mol. The topological polar surface area (TPSA) is 89.4 Å². The third-order valence-corrected chi connectivity index (χ3v) is 5.90. The zero-order valence-corrected chi connectivity index (χ0v) is 15.6. The maximum atomic E-state index is 12.8. The molecule has 1 atom stereocenters. The number of nitrogens with one attached hydrogen (secondary N) is 1. The SMILES string of the molecule is O=C(Nc1ccncc1)C1Cn2ccnc2C2(CCN(C(=O)C3CC3)CC2)O1. The molecular weight excluding hydrogens is 358 g/mol. The van der Waals surface area contributed by atoms with Gasteiger partial charge in [0.15, 0.2) is 6.10 Å². The lowest BCUT2D eigenvalue weighted by molar-refractivity contribution is -0.172. The van der Waals surface area contributed by atoms with Gasteiger partial charge in [-0.1, -0.05) is 0 Å². The number of piperidine rings is 1. The standard InChI is InChI=1S/C20H23N5O3/c26-17(23-15-3-7-21-8-4-15)16-13-25-12-9-22-19(25)20(28-16)5-10-24(11-6-20)18(27)14-1-2-14/h3-4,7-9,12,14,16H,1-2,5-6,10-11,13H2,(H,21,23,26). The van der Waals surface area contributed by atoms with Gasteiger partial charge in [0, 0.05) is 62.3 Å². The van der Waals surface area contributed by atoms with E-state index in [-0.39, 0.29) is 17.7 Å². The Balaban J connectivity index is 1.34. The van der Waals surface area contributed by atoms with Gasteiger partial charge in [-0.15, -0.1) is 0 Å². The highest BCUT2D eigenvalue weighted by Crippen LogP contribution is 2.41. The molecule has 8 heteroatoms. The fourth-order valence-corrected chi connectivity index (χ4v) is 4.21. The van der Waals surface area contributed by atoms with Gasteiger partial charge in [-0.05, 0) is 25.0 Å². The Bertz CT molecular complexity index is 884. The second kappa shape index (κ2) is 6.70. The van der Waals surface area contributed by atoms with E-state index in [1.807, 2.05) is 15.7 Å². The second-order valence-electron chi connectivity index (χ2n) is 7.83. The molecule has 1 aliphatic carbocycles. The molecule has 2 aromatic heterocycles. The summed E-state index contributed by atoms with van der Waals surface area (Å²) in [4.78, 5) is 35.7. The molecule has 5 rings (SSSR count). The first kappa shape index (κ1) is 17.4. The first-order chi connectivity index (χ1) is 13.6. The molecule has 146 valence electrons. The molecule has 2 aromatic rings. The van der Waals surface area contributed by atoms with E-state index in [2.05, 4.69) is 15.3 Å². The largest absolute Gasteiger partial charge is 0.352 e. The van der Waals surface area contributed by atoms with E-state index in [0.29, 0.717) is 38.2 Å². The Kier molecular flexibility index (Phi) is 4.16. The first-order valence-corrected chi connectivity index (χ1v) is 9.84. The Hall–Kier alpha value is -2.74. The van der Waals surface area contributed by atoms with Crippen LogP contribution in [0.4, 0.5) is 5.69 Å². The maximum absolute atomic E-state index is 12.8. The van der Waals surface area contributed by atoms with Gasteiger partial charge in [-0.25, -0.2) is 4.98 Å². The lowest BCUT2D eigenvalue weighted by Crippen LogP contribution is -2.54. The number of rotatable bonds is 3. The van der Waals surface area contributed by atoms with Crippen LogP contribution < -0.4 is 5.32 Å². The van der Waals surface area contributed by atoms with E-state index in [4.69, 9.17) is 4.74 Å². The van der Waals surface area contributed by atoms with Crippen molar-refractivity contribution < 1.29 is 14.3 Å². The highest BCUT2D eigenvalue weighted by molar-refractivity contribution is 5.94. The molecule has 4 heterocycles. The lowest BCUT2D eigenvalue weighted by atomic mass is 9.88. The molecule has 1 spiro atoms. The fourth-order valence-electron chi connectivity index (χ4n) is 4.21. The van der Waals surface area contributed by atoms with Gasteiger partial charge in [0.2, 0.25) is 5.91 Å². The summed E-state index contributed by atoms with van der Waals surface area (Å²) in [6.07, 6.45) is 9.65. The number of nitrogens with zero attached hydrogens (tertiary/aromatic N) is 4. The maximum Gasteiger partial charge on any atom is 0.255 e. The third kappa shape index (κ3) is 3.07. The average Bonchev–Trinajstić information content (AvgIpc) is 3.46. The summed E-state index contributed by atoms with van der Waals surface area (Å²) in [6, 6.07) is 3.50. The molecule has 28 heavy (non-hydrogen) atoms. The molecule has 8 nitrogen and oxygen atoms in total. The van der Waals surface area contributed by atoms with Crippen molar-refractivity contribution in [1.29, 1.82) is 0 Å². The number of carbonyl (C=O) groups excluding carboxylic acids is 2. The predicted molar refractivity (Wildman–Crippen MR) is 100 cm³/mol. The van der Waals surface area contributed by atoms with Crippen molar-refractivity contribution in [3.05, 3.63) is 42.7 Å². The number of fused-ring (bicyclic) bond motifs is 2. The number of amides is 2. The number of ether oxygens (including phenoxy) is 1. The fraction of sp³-hybridized carbons (Fsp3) is 0.500. The summed E-state index contributed by atoms with van der Waals surface area (Å²) in [5, 5.41) is 2.90. The summed E-state index contributed by atoms with van der Waals surface area (Å²) >= 11 is 0. The molecule has 0 bridgehead atoms. The summed E-state index contributed by atoms with van der Waals surface area (Å²) in [6.45, 7) is 1.71. The van der Waals surface area contributed by atoms with E-state index in [9.17, 15) is 9.59 Å². The predicted octanol–water partition coefficient (Wildman–Crippen LogP) is 1.54. The minimum absolute atomic E-state index is 0.179. The van der Waals surface area contributed by atoms with Gasteiger partial charge in [-0.2, -0.15) is 0 Å². The molecule has 2 fully saturated rings. The van der Waals surface area contributed by atoms with Gasteiger partial charge < -0.3 is 19.5 Å². The van der Waals surface area contributed by atoms with Crippen molar-refractivity contribution in [2.24, 2.45) is 5.92 Å². The molecule has 1 N–H and O–H groups in total. The van der Waals surface area contributed by atoms with Crippen LogP contribution >= 0.6 is 0 Å². The van der Waals surface area contributed by atoms with Crippen LogP contribution in [0, 0.1) is 5.92 Å². The molecule has 1 saturated heterocycles. The van der Waals surface area contributed by atoms with Crippen molar-refractivity contribution in [2.75, 3.05) is 18.4 Å². The minimum Gasteiger partial charge on any atom is -0.352 e. The monoisotopic (exact) mass is 381 g/mol. The van der Waals surface area contributed by atoms with Gasteiger partial charge in [0.1, 0.15) is 11.4 Å². The van der Waals surface area contributed by atoms with Crippen LogP contribution in [-0.2, 0) is 26.5 Å². The summed E-state index contributed by atoms with van der Waals surface area (Å²) in [5.41, 5.74) is 0.0708. The summed E-state index contributed by atoms with van der Waals surface area (Å²) in [5.74, 6) is 1.17. The molecule has 2 amide bonds. The molecule has 2 aliphatic heterocycles. The van der Waals surface area contributed by atoms with E-state index < -0.39 is 11.7 Å². The first-order valence-electron chi connectivity index (χ1n) is 9.84. The van der Waals surface area contributed by atoms with E-state index >= 15 is 0 Å². The van der Waals surface area contributed by atoms with Gasteiger partial charge in [0.25, 0.3) is 5.91 Å². The third-order valence-electron chi connectivity index (χ3n) is 5.90. The molecule has 1 unspecified atom stereocenters. The number of hydrogen-bond acceptors (Lipinski definition) is 5. The van der Waals surface area contributed by atoms with Crippen molar-refractivity contribution in [3.8, 4) is 0 Å². The van der Waals surface area contributed by atoms with Crippen LogP contribution in [0.15, 0.2) is 36.9 Å². The van der Waals surface area contributed by atoms with Crippen LogP contribution in [0.1, 0.15) is 31.5 Å². The molecular formula is C20H23N5O3. The van der Waals surface area contributed by atoms with Crippen molar-refractivity contribution in [3.63, 3.8) is 0 Å². The number of aromatic nitrogens is 3. The number of hydrogen-bond donors (Lipinski definition) is 1. The number of pyridine rings is 1. The van der Waals surface area contributed by atoms with Crippen molar-refractivity contribution in [1.82, 2.24) is 19.4 Å². The molecule has 1 saturated carbocycles. The van der Waals surface area contributed by atoms with Gasteiger partial charge >= 0.3 is 0 Å². The molecule has 0 radical (unpaired) electrons. The van der Waals surface area contributed by atoms with Gasteiger partial charge in [-0.3, -0.25) is 14.6 Å². The zero-order chi connectivity index (χ0) is 19.1. The van der Waals surface area contributed by atoms with Crippen LogP contribution in [0.25, 0.3) is 0 Å². The smallest absolute Gasteiger partial charge is 0.255 e. The Morgan fingerprint density at radius 1 is 1.14 bits per heavy atom. The Labute approximate surface area is 162 Å². The van der Waals surface area contributed by atoms with Crippen LogP contribution in [0.2, 0.25) is 0 Å². The number of anilines is 1. The van der Waals surface area contributed by atoms with Gasteiger partial charge in [0.05, 0.1) is 6.54 Å². The summed E-state index contributed by atoms with van der Waals surface area (Å²) in [7, 11) is 0. The summed E-state index contributed by atoms with van der Waals surface area (Å²) < 4.78 is 8.40. The number of imidazole rings is 1. The lowest BCUT2D eigenvalue weighted by Gasteiger charge is -2.45. The highest BCUT2D eigenvalue weighted by atomic mass is 16.5.